The largest absolute Gasteiger partial charge is 0.493 e. The van der Waals surface area contributed by atoms with Gasteiger partial charge in [0.15, 0.2) is 11.5 Å². The molecule has 7 nitrogen and oxygen atoms in total. The summed E-state index contributed by atoms with van der Waals surface area (Å²) in [7, 11) is 3.19. The van der Waals surface area contributed by atoms with Gasteiger partial charge in [0.05, 0.1) is 25.7 Å². The summed E-state index contributed by atoms with van der Waals surface area (Å²) in [6.07, 6.45) is 3.44. The fourth-order valence-electron chi connectivity index (χ4n) is 3.45. The maximum absolute atomic E-state index is 11.9. The molecule has 1 aromatic carbocycles. The summed E-state index contributed by atoms with van der Waals surface area (Å²) in [6, 6.07) is 5.18. The van der Waals surface area contributed by atoms with Crippen molar-refractivity contribution in [3.8, 4) is 11.5 Å². The van der Waals surface area contributed by atoms with Crippen LogP contribution in [-0.2, 0) is 4.79 Å². The van der Waals surface area contributed by atoms with Crippen molar-refractivity contribution in [3.63, 3.8) is 0 Å². The molecule has 24 heavy (non-hydrogen) atoms. The van der Waals surface area contributed by atoms with Crippen LogP contribution in [0.15, 0.2) is 18.2 Å². The number of carboxylic acid groups (broad SMARTS) is 1. The lowest BCUT2D eigenvalue weighted by Crippen LogP contribution is -2.40. The monoisotopic (exact) mass is 334 g/mol. The maximum atomic E-state index is 11.9. The number of imide groups is 1. The molecule has 1 aliphatic carbocycles. The molecule has 0 radical (unpaired) electrons. The number of hydrogen-bond donors (Lipinski definition) is 1. The maximum Gasteiger partial charge on any atom is 0.429 e. The van der Waals surface area contributed by atoms with E-state index in [1.807, 2.05) is 12.1 Å². The Hall–Kier alpha value is -2.28. The van der Waals surface area contributed by atoms with Crippen LogP contribution in [0.3, 0.4) is 0 Å². The highest BCUT2D eigenvalue weighted by atomic mass is 16.5. The second kappa shape index (κ2) is 6.68. The van der Waals surface area contributed by atoms with Gasteiger partial charge in [0.2, 0.25) is 5.91 Å². The van der Waals surface area contributed by atoms with E-state index >= 15 is 0 Å². The van der Waals surface area contributed by atoms with E-state index in [1.165, 1.54) is 17.9 Å². The van der Waals surface area contributed by atoms with Gasteiger partial charge in [-0.3, -0.25) is 4.79 Å². The molecule has 0 aromatic heterocycles. The van der Waals surface area contributed by atoms with Crippen molar-refractivity contribution in [3.05, 3.63) is 23.8 Å². The third-order valence-electron chi connectivity index (χ3n) is 4.72. The minimum absolute atomic E-state index is 0.123. The smallest absolute Gasteiger partial charge is 0.429 e. The van der Waals surface area contributed by atoms with Crippen molar-refractivity contribution < 1.29 is 24.2 Å². The number of hydrazine groups is 1. The van der Waals surface area contributed by atoms with Gasteiger partial charge in [-0.2, -0.15) is 5.01 Å². The summed E-state index contributed by atoms with van der Waals surface area (Å²) < 4.78 is 11.4. The third kappa shape index (κ3) is 3.03. The van der Waals surface area contributed by atoms with Gasteiger partial charge in [0.25, 0.3) is 0 Å². The Bertz CT molecular complexity index is 642. The van der Waals surface area contributed by atoms with Crippen LogP contribution in [0.25, 0.3) is 0 Å². The fraction of sp³-hybridized carbons (Fsp3) is 0.529. The first-order valence-corrected chi connectivity index (χ1v) is 8.14. The third-order valence-corrected chi connectivity index (χ3v) is 4.72. The number of nitrogens with zero attached hydrogens (tertiary/aromatic N) is 2. The Morgan fingerprint density at radius 3 is 2.54 bits per heavy atom. The van der Waals surface area contributed by atoms with Gasteiger partial charge >= 0.3 is 6.09 Å². The number of amides is 2. The van der Waals surface area contributed by atoms with E-state index in [-0.39, 0.29) is 18.6 Å². The zero-order valence-corrected chi connectivity index (χ0v) is 13.9. The molecule has 2 fully saturated rings. The number of ether oxygens (including phenoxy) is 2. The standard InChI is InChI=1S/C17H22N2O5/c1-18-13(10-16(20)19(18)17(21)22)11-7-8-14(23-2)15(9-11)24-12-5-3-4-6-12/h7-9,12-13H,3-6,10H2,1-2H3,(H,21,22). The zero-order chi connectivity index (χ0) is 17.3. The first-order chi connectivity index (χ1) is 11.5. The Balaban J connectivity index is 1.85. The van der Waals surface area contributed by atoms with Gasteiger partial charge in [-0.25, -0.2) is 9.80 Å². The van der Waals surface area contributed by atoms with Gasteiger partial charge in [0.1, 0.15) is 0 Å². The van der Waals surface area contributed by atoms with Crippen molar-refractivity contribution >= 4 is 12.0 Å². The number of benzene rings is 1. The highest BCUT2D eigenvalue weighted by Gasteiger charge is 2.40. The number of hydrogen-bond acceptors (Lipinski definition) is 5. The van der Waals surface area contributed by atoms with E-state index in [0.29, 0.717) is 11.5 Å². The minimum atomic E-state index is -1.26. The molecule has 1 saturated carbocycles. The van der Waals surface area contributed by atoms with E-state index in [1.54, 1.807) is 20.2 Å². The average molecular weight is 334 g/mol. The Morgan fingerprint density at radius 1 is 1.25 bits per heavy atom. The van der Waals surface area contributed by atoms with Crippen LogP contribution in [0.2, 0.25) is 0 Å². The van der Waals surface area contributed by atoms with E-state index in [0.717, 1.165) is 23.4 Å². The molecule has 1 saturated heterocycles. The molecule has 1 aliphatic heterocycles. The van der Waals surface area contributed by atoms with Crippen molar-refractivity contribution in [1.29, 1.82) is 0 Å². The molecule has 1 aromatic rings. The predicted octanol–water partition coefficient (Wildman–Crippen LogP) is 2.81. The highest BCUT2D eigenvalue weighted by Crippen LogP contribution is 2.38. The van der Waals surface area contributed by atoms with Gasteiger partial charge in [0, 0.05) is 7.05 Å². The number of carbonyl (C=O) groups is 2. The molecule has 1 heterocycles. The predicted molar refractivity (Wildman–Crippen MR) is 85.9 cm³/mol. The van der Waals surface area contributed by atoms with Crippen LogP contribution in [0.5, 0.6) is 11.5 Å². The summed E-state index contributed by atoms with van der Waals surface area (Å²) in [6.45, 7) is 0. The highest BCUT2D eigenvalue weighted by molar-refractivity contribution is 5.92. The Morgan fingerprint density at radius 2 is 1.96 bits per heavy atom. The van der Waals surface area contributed by atoms with Crippen LogP contribution in [-0.4, -0.2) is 47.4 Å². The second-order valence-electron chi connectivity index (χ2n) is 6.22. The number of rotatable bonds is 4. The summed E-state index contributed by atoms with van der Waals surface area (Å²) in [5.41, 5.74) is 0.836. The fourth-order valence-corrected chi connectivity index (χ4v) is 3.45. The molecule has 2 amide bonds. The molecule has 130 valence electrons. The molecule has 3 rings (SSSR count). The van der Waals surface area contributed by atoms with Gasteiger partial charge in [-0.05, 0) is 43.4 Å². The van der Waals surface area contributed by atoms with Gasteiger partial charge in [-0.15, -0.1) is 0 Å². The molecule has 1 unspecified atom stereocenters. The van der Waals surface area contributed by atoms with E-state index in [4.69, 9.17) is 14.6 Å². The molecule has 1 N–H and O–H groups in total. The van der Waals surface area contributed by atoms with E-state index < -0.39 is 12.0 Å². The van der Waals surface area contributed by atoms with Crippen molar-refractivity contribution in [2.45, 2.75) is 44.2 Å². The van der Waals surface area contributed by atoms with Crippen molar-refractivity contribution in [1.82, 2.24) is 10.0 Å². The van der Waals surface area contributed by atoms with Gasteiger partial charge in [-0.1, -0.05) is 6.07 Å². The Labute approximate surface area is 140 Å². The summed E-state index contributed by atoms with van der Waals surface area (Å²) in [4.78, 5) is 23.2. The SMILES string of the molecule is COc1ccc(C2CC(=O)N(C(=O)O)N2C)cc1OC1CCCC1. The lowest BCUT2D eigenvalue weighted by Gasteiger charge is -2.25. The molecule has 7 heteroatoms. The summed E-state index contributed by atoms with van der Waals surface area (Å²) in [5.74, 6) is 0.869. The van der Waals surface area contributed by atoms with Crippen molar-refractivity contribution in [2.75, 3.05) is 14.2 Å². The summed E-state index contributed by atoms with van der Waals surface area (Å²) >= 11 is 0. The molecular weight excluding hydrogens is 312 g/mol. The van der Waals surface area contributed by atoms with Crippen LogP contribution in [0, 0.1) is 0 Å². The molecular formula is C17H22N2O5. The molecule has 0 spiro atoms. The minimum Gasteiger partial charge on any atom is -0.493 e. The first-order valence-electron chi connectivity index (χ1n) is 8.14. The van der Waals surface area contributed by atoms with Crippen LogP contribution >= 0.6 is 0 Å². The second-order valence-corrected chi connectivity index (χ2v) is 6.22. The van der Waals surface area contributed by atoms with E-state index in [9.17, 15) is 9.59 Å². The molecule has 0 bridgehead atoms. The quantitative estimate of drug-likeness (QED) is 0.912. The number of methoxy groups -OCH3 is 1. The zero-order valence-electron chi connectivity index (χ0n) is 13.9. The van der Waals surface area contributed by atoms with Gasteiger partial charge < -0.3 is 14.6 Å². The van der Waals surface area contributed by atoms with Crippen LogP contribution < -0.4 is 9.47 Å². The lowest BCUT2D eigenvalue weighted by atomic mass is 10.0. The Kier molecular flexibility index (Phi) is 4.62. The average Bonchev–Trinajstić information content (AvgIpc) is 3.15. The molecule has 1 atom stereocenters. The lowest BCUT2D eigenvalue weighted by molar-refractivity contribution is -0.133. The van der Waals surface area contributed by atoms with Crippen molar-refractivity contribution in [2.24, 2.45) is 0 Å². The van der Waals surface area contributed by atoms with E-state index in [2.05, 4.69) is 0 Å². The van der Waals surface area contributed by atoms with Crippen LogP contribution in [0.4, 0.5) is 4.79 Å². The number of carbonyl (C=O) groups excluding carboxylic acids is 1. The molecule has 2 aliphatic rings. The normalized spacial score (nSPS) is 22.2. The summed E-state index contributed by atoms with van der Waals surface area (Å²) in [5, 5.41) is 11.4. The van der Waals surface area contributed by atoms with Crippen LogP contribution in [0.1, 0.15) is 43.7 Å². The topological polar surface area (TPSA) is 79.3 Å². The first kappa shape index (κ1) is 16.6.